The zero-order chi connectivity index (χ0) is 18.7. The van der Waals surface area contributed by atoms with Gasteiger partial charge in [0, 0.05) is 6.42 Å². The third-order valence-electron chi connectivity index (χ3n) is 3.55. The first-order valence-corrected chi connectivity index (χ1v) is 8.86. The number of ketones is 1. The van der Waals surface area contributed by atoms with Crippen LogP contribution in [0.1, 0.15) is 17.9 Å². The summed E-state index contributed by atoms with van der Waals surface area (Å²) in [5.74, 6) is -4.98. The van der Waals surface area contributed by atoms with Gasteiger partial charge in [-0.15, -0.1) is 0 Å². The van der Waals surface area contributed by atoms with E-state index in [4.69, 9.17) is 0 Å². The van der Waals surface area contributed by atoms with E-state index in [0.717, 1.165) is 24.3 Å². The predicted molar refractivity (Wildman–Crippen MR) is 83.3 cm³/mol. The van der Waals surface area contributed by atoms with Crippen molar-refractivity contribution in [3.8, 4) is 0 Å². The molecule has 0 aliphatic carbocycles. The highest BCUT2D eigenvalue weighted by Crippen LogP contribution is 2.37. The number of benzene rings is 2. The standard InChI is InChI=1S/C17H14F4O3S/c18-13-8-6-12(7-9-13)16(17(19,20)21)10-14(22)11-25(23,24)15-4-2-1-3-5-15/h1-9,16H,10-11H2. The molecule has 3 nitrogen and oxygen atoms in total. The topological polar surface area (TPSA) is 51.2 Å². The molecule has 0 spiro atoms. The molecule has 0 fully saturated rings. The van der Waals surface area contributed by atoms with Crippen LogP contribution in [0.4, 0.5) is 17.6 Å². The Kier molecular flexibility index (Phi) is 5.62. The lowest BCUT2D eigenvalue weighted by Gasteiger charge is -2.20. The van der Waals surface area contributed by atoms with Crippen molar-refractivity contribution in [1.82, 2.24) is 0 Å². The third kappa shape index (κ3) is 5.12. The maximum atomic E-state index is 13.2. The lowest BCUT2D eigenvalue weighted by molar-refractivity contribution is -0.156. The number of Topliss-reactive ketones (excluding diaryl/α,β-unsaturated/α-hetero) is 1. The van der Waals surface area contributed by atoms with Crippen molar-refractivity contribution in [1.29, 1.82) is 0 Å². The molecule has 134 valence electrons. The van der Waals surface area contributed by atoms with Crippen LogP contribution in [0, 0.1) is 5.82 Å². The second kappa shape index (κ2) is 7.35. The van der Waals surface area contributed by atoms with E-state index in [9.17, 15) is 30.8 Å². The van der Waals surface area contributed by atoms with Gasteiger partial charge in [-0.1, -0.05) is 30.3 Å². The smallest absolute Gasteiger partial charge is 0.299 e. The van der Waals surface area contributed by atoms with Crippen LogP contribution < -0.4 is 0 Å². The minimum absolute atomic E-state index is 0.131. The molecule has 2 rings (SSSR count). The average Bonchev–Trinajstić information content (AvgIpc) is 2.53. The zero-order valence-corrected chi connectivity index (χ0v) is 13.6. The van der Waals surface area contributed by atoms with E-state index in [0.29, 0.717) is 0 Å². The van der Waals surface area contributed by atoms with Crippen molar-refractivity contribution in [3.63, 3.8) is 0 Å². The van der Waals surface area contributed by atoms with Crippen LogP contribution in [0.25, 0.3) is 0 Å². The van der Waals surface area contributed by atoms with Crippen LogP contribution in [-0.4, -0.2) is 26.1 Å². The molecule has 2 aromatic rings. The number of hydrogen-bond acceptors (Lipinski definition) is 3. The van der Waals surface area contributed by atoms with E-state index in [1.165, 1.54) is 24.3 Å². The van der Waals surface area contributed by atoms with Crippen molar-refractivity contribution >= 4 is 15.6 Å². The molecule has 0 saturated carbocycles. The SMILES string of the molecule is O=C(CC(c1ccc(F)cc1)C(F)(F)F)CS(=O)(=O)c1ccccc1. The lowest BCUT2D eigenvalue weighted by atomic mass is 9.93. The van der Waals surface area contributed by atoms with Crippen molar-refractivity contribution in [2.75, 3.05) is 5.75 Å². The second-order valence-corrected chi connectivity index (χ2v) is 7.45. The van der Waals surface area contributed by atoms with Crippen molar-refractivity contribution in [2.24, 2.45) is 0 Å². The largest absolute Gasteiger partial charge is 0.396 e. The fourth-order valence-corrected chi connectivity index (χ4v) is 3.61. The van der Waals surface area contributed by atoms with Crippen molar-refractivity contribution < 1.29 is 30.8 Å². The normalized spacial score (nSPS) is 13.4. The summed E-state index contributed by atoms with van der Waals surface area (Å²) < 4.78 is 76.8. The Morgan fingerprint density at radius 1 is 0.960 bits per heavy atom. The molecule has 0 N–H and O–H groups in total. The minimum Gasteiger partial charge on any atom is -0.299 e. The summed E-state index contributed by atoms with van der Waals surface area (Å²) in [5.41, 5.74) is -0.292. The summed E-state index contributed by atoms with van der Waals surface area (Å²) in [6.45, 7) is 0. The zero-order valence-electron chi connectivity index (χ0n) is 12.8. The lowest BCUT2D eigenvalue weighted by Crippen LogP contribution is -2.26. The molecular weight excluding hydrogens is 360 g/mol. The van der Waals surface area contributed by atoms with E-state index < -0.39 is 45.7 Å². The quantitative estimate of drug-likeness (QED) is 0.721. The highest BCUT2D eigenvalue weighted by atomic mass is 32.2. The highest BCUT2D eigenvalue weighted by molar-refractivity contribution is 7.92. The molecule has 0 bridgehead atoms. The van der Waals surface area contributed by atoms with Gasteiger partial charge in [-0.05, 0) is 29.8 Å². The van der Waals surface area contributed by atoms with Gasteiger partial charge < -0.3 is 0 Å². The predicted octanol–water partition coefficient (Wildman–Crippen LogP) is 3.90. The van der Waals surface area contributed by atoms with Crippen molar-refractivity contribution in [3.05, 3.63) is 66.0 Å². The molecule has 0 saturated heterocycles. The summed E-state index contributed by atoms with van der Waals surface area (Å²) in [6.07, 6.45) is -5.79. The van der Waals surface area contributed by atoms with E-state index in [-0.39, 0.29) is 10.5 Å². The van der Waals surface area contributed by atoms with E-state index in [2.05, 4.69) is 0 Å². The van der Waals surface area contributed by atoms with Crippen LogP contribution >= 0.6 is 0 Å². The molecule has 0 amide bonds. The van der Waals surface area contributed by atoms with Gasteiger partial charge in [-0.25, -0.2) is 12.8 Å². The number of carbonyl (C=O) groups is 1. The molecule has 0 radical (unpaired) electrons. The number of halogens is 4. The Labute approximate surface area is 142 Å². The summed E-state index contributed by atoms with van der Waals surface area (Å²) in [5, 5.41) is 0. The number of alkyl halides is 3. The Morgan fingerprint density at radius 3 is 2.04 bits per heavy atom. The van der Waals surface area contributed by atoms with Crippen molar-refractivity contribution in [2.45, 2.75) is 23.4 Å². The Morgan fingerprint density at radius 2 is 1.52 bits per heavy atom. The van der Waals surface area contributed by atoms with Crippen LogP contribution in [0.15, 0.2) is 59.5 Å². The summed E-state index contributed by atoms with van der Waals surface area (Å²) in [7, 11) is -4.02. The molecule has 0 aliphatic heterocycles. The van der Waals surface area contributed by atoms with Gasteiger partial charge in [0.15, 0.2) is 9.84 Å². The first kappa shape index (κ1) is 19.1. The van der Waals surface area contributed by atoms with Crippen LogP contribution in [-0.2, 0) is 14.6 Å². The maximum absolute atomic E-state index is 13.2. The van der Waals surface area contributed by atoms with E-state index in [1.54, 1.807) is 6.07 Å². The van der Waals surface area contributed by atoms with Gasteiger partial charge in [-0.3, -0.25) is 4.79 Å². The second-order valence-electron chi connectivity index (χ2n) is 5.46. The maximum Gasteiger partial charge on any atom is 0.396 e. The molecule has 0 heterocycles. The highest BCUT2D eigenvalue weighted by Gasteiger charge is 2.42. The monoisotopic (exact) mass is 374 g/mol. The molecule has 25 heavy (non-hydrogen) atoms. The number of hydrogen-bond donors (Lipinski definition) is 0. The van der Waals surface area contributed by atoms with Gasteiger partial charge in [0.2, 0.25) is 0 Å². The van der Waals surface area contributed by atoms with Gasteiger partial charge in [-0.2, -0.15) is 13.2 Å². The average molecular weight is 374 g/mol. The molecule has 8 heteroatoms. The van der Waals surface area contributed by atoms with E-state index in [1.807, 2.05) is 0 Å². The summed E-state index contributed by atoms with van der Waals surface area (Å²) >= 11 is 0. The molecule has 1 atom stereocenters. The van der Waals surface area contributed by atoms with Crippen LogP contribution in [0.2, 0.25) is 0 Å². The number of carbonyl (C=O) groups excluding carboxylic acids is 1. The Hall–Kier alpha value is -2.22. The molecule has 0 aromatic heterocycles. The van der Waals surface area contributed by atoms with Crippen LogP contribution in [0.3, 0.4) is 0 Å². The summed E-state index contributed by atoms with van der Waals surface area (Å²) in [6, 6.07) is 10.6. The molecule has 0 aliphatic rings. The Balaban J connectivity index is 2.19. The molecular formula is C17H14F4O3S. The fraction of sp³-hybridized carbons (Fsp3) is 0.235. The van der Waals surface area contributed by atoms with Gasteiger partial charge in [0.25, 0.3) is 0 Å². The first-order valence-electron chi connectivity index (χ1n) is 7.21. The number of rotatable bonds is 6. The summed E-state index contributed by atoms with van der Waals surface area (Å²) in [4.78, 5) is 11.8. The Bertz CT molecular complexity index is 828. The van der Waals surface area contributed by atoms with E-state index >= 15 is 0 Å². The third-order valence-corrected chi connectivity index (χ3v) is 5.25. The molecule has 2 aromatic carbocycles. The fourth-order valence-electron chi connectivity index (χ4n) is 2.33. The first-order chi connectivity index (χ1) is 11.6. The minimum atomic E-state index is -4.76. The van der Waals surface area contributed by atoms with Gasteiger partial charge >= 0.3 is 6.18 Å². The van der Waals surface area contributed by atoms with Gasteiger partial charge in [0.1, 0.15) is 17.4 Å². The van der Waals surface area contributed by atoms with Gasteiger partial charge in [0.05, 0.1) is 10.8 Å². The number of sulfone groups is 1. The molecule has 1 unspecified atom stereocenters. The van der Waals surface area contributed by atoms with Crippen LogP contribution in [0.5, 0.6) is 0 Å².